The Labute approximate surface area is 156 Å². The summed E-state index contributed by atoms with van der Waals surface area (Å²) in [6.45, 7) is 5.34. The summed E-state index contributed by atoms with van der Waals surface area (Å²) in [6.07, 6.45) is -0.0580. The van der Waals surface area contributed by atoms with Crippen molar-refractivity contribution in [2.75, 3.05) is 11.1 Å². The molecule has 2 aromatic carbocycles. The monoisotopic (exact) mass is 373 g/mol. The topological polar surface area (TPSA) is 72.5 Å². The van der Waals surface area contributed by atoms with E-state index in [1.165, 1.54) is 12.5 Å². The molecule has 138 valence electrons. The van der Waals surface area contributed by atoms with Crippen molar-refractivity contribution in [2.45, 2.75) is 38.2 Å². The van der Waals surface area contributed by atoms with Crippen molar-refractivity contribution in [1.82, 2.24) is 0 Å². The minimum absolute atomic E-state index is 0.222. The molecule has 0 aliphatic rings. The van der Waals surface area contributed by atoms with Crippen molar-refractivity contribution in [1.29, 1.82) is 0 Å². The van der Waals surface area contributed by atoms with E-state index in [0.717, 1.165) is 6.42 Å². The van der Waals surface area contributed by atoms with Crippen molar-refractivity contribution in [2.24, 2.45) is 0 Å². The van der Waals surface area contributed by atoms with Gasteiger partial charge in [-0.15, -0.1) is 0 Å². The zero-order valence-corrected chi connectivity index (χ0v) is 16.0. The highest BCUT2D eigenvalue weighted by Gasteiger charge is 2.22. The summed E-state index contributed by atoms with van der Waals surface area (Å²) in [5.74, 6) is -0.684. The average Bonchev–Trinajstić information content (AvgIpc) is 2.67. The fourth-order valence-electron chi connectivity index (χ4n) is 2.33. The van der Waals surface area contributed by atoms with Gasteiger partial charge in [-0.2, -0.15) is 0 Å². The van der Waals surface area contributed by atoms with Crippen LogP contribution in [0.25, 0.3) is 0 Å². The number of esters is 1. The Morgan fingerprint density at radius 1 is 1.08 bits per heavy atom. The zero-order valence-electron chi connectivity index (χ0n) is 15.2. The van der Waals surface area contributed by atoms with E-state index in [4.69, 9.17) is 4.74 Å². The number of carbonyl (C=O) groups is 2. The van der Waals surface area contributed by atoms with Gasteiger partial charge in [0.25, 0.3) is 5.91 Å². The number of rotatable bonds is 7. The minimum Gasteiger partial charge on any atom is -0.449 e. The molecule has 0 spiro atoms. The molecule has 0 bridgehead atoms. The van der Waals surface area contributed by atoms with Crippen molar-refractivity contribution >= 4 is 28.4 Å². The van der Waals surface area contributed by atoms with Crippen LogP contribution in [0.1, 0.15) is 36.7 Å². The number of aryl methyl sites for hydroxylation is 1. The number of benzene rings is 2. The highest BCUT2D eigenvalue weighted by atomic mass is 32.2. The fraction of sp³-hybridized carbons (Fsp3) is 0.300. The second kappa shape index (κ2) is 9.29. The predicted octanol–water partition coefficient (Wildman–Crippen LogP) is 3.56. The van der Waals surface area contributed by atoms with Crippen LogP contribution in [0.2, 0.25) is 0 Å². The van der Waals surface area contributed by atoms with E-state index in [1.54, 1.807) is 31.2 Å². The van der Waals surface area contributed by atoms with Crippen LogP contribution in [0.3, 0.4) is 0 Å². The summed E-state index contributed by atoms with van der Waals surface area (Å²) in [6, 6.07) is 14.1. The van der Waals surface area contributed by atoms with Crippen LogP contribution in [0.4, 0.5) is 5.69 Å². The Morgan fingerprint density at radius 3 is 2.35 bits per heavy atom. The second-order valence-electron chi connectivity index (χ2n) is 5.72. The van der Waals surface area contributed by atoms with Crippen molar-refractivity contribution in [3.05, 3.63) is 59.7 Å². The van der Waals surface area contributed by atoms with Crippen LogP contribution in [0.5, 0.6) is 0 Å². The number of hydrogen-bond acceptors (Lipinski definition) is 4. The summed E-state index contributed by atoms with van der Waals surface area (Å²) in [5, 5.41) is 2.72. The molecule has 0 radical (unpaired) electrons. The van der Waals surface area contributed by atoms with Gasteiger partial charge in [-0.05, 0) is 43.2 Å². The molecule has 5 nitrogen and oxygen atoms in total. The predicted molar refractivity (Wildman–Crippen MR) is 103 cm³/mol. The largest absolute Gasteiger partial charge is 0.449 e. The SMILES string of the molecule is CCc1ccc(NC(=O)C(C)OC(=O)c2ccccc2S(=O)CC)cc1. The maximum Gasteiger partial charge on any atom is 0.340 e. The average molecular weight is 373 g/mol. The molecule has 1 N–H and O–H groups in total. The van der Waals surface area contributed by atoms with Crippen LogP contribution in [-0.2, 0) is 26.8 Å². The number of ether oxygens (including phenoxy) is 1. The van der Waals surface area contributed by atoms with Gasteiger partial charge >= 0.3 is 5.97 Å². The Bertz CT molecular complexity index is 802. The first-order chi connectivity index (χ1) is 12.5. The maximum atomic E-state index is 12.4. The molecule has 6 heteroatoms. The number of amides is 1. The van der Waals surface area contributed by atoms with Gasteiger partial charge < -0.3 is 10.1 Å². The molecule has 26 heavy (non-hydrogen) atoms. The highest BCUT2D eigenvalue weighted by molar-refractivity contribution is 7.85. The van der Waals surface area contributed by atoms with Gasteiger partial charge in [0.2, 0.25) is 0 Å². The molecular formula is C20H23NO4S. The molecule has 0 aromatic heterocycles. The number of nitrogens with one attached hydrogen (secondary N) is 1. The summed E-state index contributed by atoms with van der Waals surface area (Å²) in [4.78, 5) is 25.1. The molecule has 2 rings (SSSR count). The molecule has 0 aliphatic carbocycles. The van der Waals surface area contributed by atoms with Crippen LogP contribution in [-0.4, -0.2) is 27.9 Å². The summed E-state index contributed by atoms with van der Waals surface area (Å²) in [7, 11) is -1.28. The smallest absolute Gasteiger partial charge is 0.340 e. The first-order valence-electron chi connectivity index (χ1n) is 8.54. The van der Waals surface area contributed by atoms with Crippen LogP contribution in [0.15, 0.2) is 53.4 Å². The van der Waals surface area contributed by atoms with Gasteiger partial charge in [0, 0.05) is 11.4 Å². The van der Waals surface area contributed by atoms with Crippen molar-refractivity contribution in [3.8, 4) is 0 Å². The second-order valence-corrected chi connectivity index (χ2v) is 7.43. The Kier molecular flexibility index (Phi) is 7.09. The summed E-state index contributed by atoms with van der Waals surface area (Å²) in [5.41, 5.74) is 2.03. The van der Waals surface area contributed by atoms with Crippen molar-refractivity contribution in [3.63, 3.8) is 0 Å². The van der Waals surface area contributed by atoms with Gasteiger partial charge in [0.05, 0.1) is 21.3 Å². The molecule has 0 fully saturated rings. The van der Waals surface area contributed by atoms with E-state index in [9.17, 15) is 13.8 Å². The number of hydrogen-bond donors (Lipinski definition) is 1. The highest BCUT2D eigenvalue weighted by Crippen LogP contribution is 2.16. The normalized spacial score (nSPS) is 12.9. The van der Waals surface area contributed by atoms with E-state index >= 15 is 0 Å². The lowest BCUT2D eigenvalue weighted by Crippen LogP contribution is -2.30. The molecule has 2 atom stereocenters. The lowest BCUT2D eigenvalue weighted by molar-refractivity contribution is -0.123. The van der Waals surface area contributed by atoms with E-state index in [0.29, 0.717) is 16.3 Å². The van der Waals surface area contributed by atoms with E-state index < -0.39 is 28.8 Å². The first-order valence-corrected chi connectivity index (χ1v) is 9.86. The molecular weight excluding hydrogens is 350 g/mol. The molecule has 0 heterocycles. The van der Waals surface area contributed by atoms with Gasteiger partial charge in [-0.3, -0.25) is 9.00 Å². The molecule has 1 amide bonds. The van der Waals surface area contributed by atoms with Gasteiger partial charge in [0.1, 0.15) is 0 Å². The van der Waals surface area contributed by atoms with E-state index in [-0.39, 0.29) is 5.56 Å². The van der Waals surface area contributed by atoms with Gasteiger partial charge in [-0.25, -0.2) is 4.79 Å². The molecule has 2 aromatic rings. The Hall–Kier alpha value is -2.47. The maximum absolute atomic E-state index is 12.4. The molecule has 0 saturated carbocycles. The van der Waals surface area contributed by atoms with Gasteiger partial charge in [-0.1, -0.05) is 38.1 Å². The number of carbonyl (C=O) groups excluding carboxylic acids is 2. The van der Waals surface area contributed by atoms with Crippen LogP contribution >= 0.6 is 0 Å². The standard InChI is InChI=1S/C20H23NO4S/c1-4-15-10-12-16(13-11-15)21-19(22)14(3)25-20(23)17-8-6-7-9-18(17)26(24)5-2/h6-14H,4-5H2,1-3H3,(H,21,22). The third-order valence-electron chi connectivity index (χ3n) is 3.90. The lowest BCUT2D eigenvalue weighted by atomic mass is 10.1. The molecule has 2 unspecified atom stereocenters. The van der Waals surface area contributed by atoms with Crippen molar-refractivity contribution < 1.29 is 18.5 Å². The zero-order chi connectivity index (χ0) is 19.1. The summed E-state index contributed by atoms with van der Waals surface area (Å²) >= 11 is 0. The number of anilines is 1. The first kappa shape index (κ1) is 19.8. The Balaban J connectivity index is 2.04. The minimum atomic E-state index is -1.28. The van der Waals surface area contributed by atoms with E-state index in [2.05, 4.69) is 12.2 Å². The fourth-order valence-corrected chi connectivity index (χ4v) is 3.27. The quantitative estimate of drug-likeness (QED) is 0.753. The summed E-state index contributed by atoms with van der Waals surface area (Å²) < 4.78 is 17.3. The lowest BCUT2D eigenvalue weighted by Gasteiger charge is -2.15. The van der Waals surface area contributed by atoms with Crippen LogP contribution in [0, 0.1) is 0 Å². The van der Waals surface area contributed by atoms with E-state index in [1.807, 2.05) is 24.3 Å². The molecule has 0 aliphatic heterocycles. The van der Waals surface area contributed by atoms with Gasteiger partial charge in [0.15, 0.2) is 6.10 Å². The molecule has 0 saturated heterocycles. The third-order valence-corrected chi connectivity index (χ3v) is 5.27. The third kappa shape index (κ3) is 5.02. The Morgan fingerprint density at radius 2 is 1.73 bits per heavy atom. The van der Waals surface area contributed by atoms with Crippen LogP contribution < -0.4 is 5.32 Å².